The van der Waals surface area contributed by atoms with E-state index in [2.05, 4.69) is 28.2 Å². The number of hydrogen-bond donors (Lipinski definition) is 0. The number of ether oxygens (including phenoxy) is 2. The Bertz CT molecular complexity index is 693. The molecule has 1 aromatic carbocycles. The molecule has 0 amide bonds. The number of benzene rings is 1. The molecule has 1 saturated heterocycles. The summed E-state index contributed by atoms with van der Waals surface area (Å²) in [5, 5.41) is 4.16. The SMILES string of the molecule is CN1CCC(Cc2noc(CCc3ccc4c(c3)OCO4)n2)CC1. The van der Waals surface area contributed by atoms with E-state index in [1.807, 2.05) is 12.1 Å². The Balaban J connectivity index is 1.30. The van der Waals surface area contributed by atoms with Crippen molar-refractivity contribution in [2.24, 2.45) is 5.92 Å². The summed E-state index contributed by atoms with van der Waals surface area (Å²) in [7, 11) is 2.18. The normalized spacial score (nSPS) is 18.2. The summed E-state index contributed by atoms with van der Waals surface area (Å²) >= 11 is 0. The van der Waals surface area contributed by atoms with E-state index in [1.165, 1.54) is 31.5 Å². The first-order chi connectivity index (χ1) is 11.8. The monoisotopic (exact) mass is 329 g/mol. The van der Waals surface area contributed by atoms with E-state index >= 15 is 0 Å². The van der Waals surface area contributed by atoms with Crippen molar-refractivity contribution in [3.8, 4) is 11.5 Å². The fourth-order valence-corrected chi connectivity index (χ4v) is 3.35. The van der Waals surface area contributed by atoms with Crippen LogP contribution >= 0.6 is 0 Å². The molecular formula is C18H23N3O3. The van der Waals surface area contributed by atoms with Gasteiger partial charge in [-0.2, -0.15) is 4.98 Å². The minimum Gasteiger partial charge on any atom is -0.454 e. The molecule has 24 heavy (non-hydrogen) atoms. The molecule has 2 aromatic rings. The first-order valence-electron chi connectivity index (χ1n) is 8.65. The van der Waals surface area contributed by atoms with Crippen LogP contribution in [0.1, 0.15) is 30.1 Å². The highest BCUT2D eigenvalue weighted by molar-refractivity contribution is 5.44. The molecule has 0 aliphatic carbocycles. The second kappa shape index (κ2) is 6.81. The lowest BCUT2D eigenvalue weighted by Crippen LogP contribution is -2.31. The third-order valence-corrected chi connectivity index (χ3v) is 4.88. The Morgan fingerprint density at radius 3 is 2.83 bits per heavy atom. The molecule has 1 fully saturated rings. The second-order valence-corrected chi connectivity index (χ2v) is 6.74. The second-order valence-electron chi connectivity index (χ2n) is 6.74. The number of fused-ring (bicyclic) bond motifs is 1. The van der Waals surface area contributed by atoms with Crippen LogP contribution in [0.5, 0.6) is 11.5 Å². The van der Waals surface area contributed by atoms with Crippen LogP contribution in [0, 0.1) is 5.92 Å². The summed E-state index contributed by atoms with van der Waals surface area (Å²) in [4.78, 5) is 6.94. The van der Waals surface area contributed by atoms with Gasteiger partial charge in [-0.25, -0.2) is 0 Å². The quantitative estimate of drug-likeness (QED) is 0.840. The molecule has 0 spiro atoms. The maximum absolute atomic E-state index is 5.41. The smallest absolute Gasteiger partial charge is 0.231 e. The standard InChI is InChI=1S/C18H23N3O3/c1-21-8-6-14(7-9-21)11-17-19-18(24-20-17)5-3-13-2-4-15-16(10-13)23-12-22-15/h2,4,10,14H,3,5-9,11-12H2,1H3. The molecule has 2 aliphatic heterocycles. The number of nitrogens with zero attached hydrogens (tertiary/aromatic N) is 3. The molecule has 0 atom stereocenters. The van der Waals surface area contributed by atoms with E-state index < -0.39 is 0 Å². The third kappa shape index (κ3) is 3.53. The predicted molar refractivity (Wildman–Crippen MR) is 88.2 cm³/mol. The van der Waals surface area contributed by atoms with Crippen molar-refractivity contribution in [3.63, 3.8) is 0 Å². The third-order valence-electron chi connectivity index (χ3n) is 4.88. The van der Waals surface area contributed by atoms with Crippen molar-refractivity contribution in [2.75, 3.05) is 26.9 Å². The molecule has 0 unspecified atom stereocenters. The Morgan fingerprint density at radius 1 is 1.12 bits per heavy atom. The maximum atomic E-state index is 5.41. The Labute approximate surface area is 141 Å². The highest BCUT2D eigenvalue weighted by Crippen LogP contribution is 2.32. The largest absolute Gasteiger partial charge is 0.454 e. The van der Waals surface area contributed by atoms with Crippen LogP contribution in [0.4, 0.5) is 0 Å². The molecule has 3 heterocycles. The van der Waals surface area contributed by atoms with Gasteiger partial charge in [0, 0.05) is 12.8 Å². The van der Waals surface area contributed by atoms with E-state index in [-0.39, 0.29) is 0 Å². The lowest BCUT2D eigenvalue weighted by atomic mass is 9.94. The minimum absolute atomic E-state index is 0.308. The zero-order chi connectivity index (χ0) is 16.4. The summed E-state index contributed by atoms with van der Waals surface area (Å²) in [6.07, 6.45) is 4.98. The van der Waals surface area contributed by atoms with Gasteiger partial charge in [-0.05, 0) is 63.0 Å². The lowest BCUT2D eigenvalue weighted by molar-refractivity contribution is 0.174. The molecule has 0 radical (unpaired) electrons. The molecule has 6 heteroatoms. The molecule has 0 bridgehead atoms. The molecular weight excluding hydrogens is 306 g/mol. The number of likely N-dealkylation sites (tertiary alicyclic amines) is 1. The number of hydrogen-bond acceptors (Lipinski definition) is 6. The van der Waals surface area contributed by atoms with Crippen molar-refractivity contribution in [1.82, 2.24) is 15.0 Å². The molecule has 2 aliphatic rings. The van der Waals surface area contributed by atoms with Crippen molar-refractivity contribution < 1.29 is 14.0 Å². The first-order valence-corrected chi connectivity index (χ1v) is 8.65. The molecule has 0 saturated carbocycles. The van der Waals surface area contributed by atoms with E-state index in [1.54, 1.807) is 0 Å². The zero-order valence-electron chi connectivity index (χ0n) is 14.0. The molecule has 0 N–H and O–H groups in total. The van der Waals surface area contributed by atoms with Gasteiger partial charge in [0.05, 0.1) is 0 Å². The number of aromatic nitrogens is 2. The van der Waals surface area contributed by atoms with Crippen LogP contribution in [-0.2, 0) is 19.3 Å². The van der Waals surface area contributed by atoms with Gasteiger partial charge in [-0.15, -0.1) is 0 Å². The van der Waals surface area contributed by atoms with Gasteiger partial charge in [0.25, 0.3) is 0 Å². The summed E-state index contributed by atoms with van der Waals surface area (Å²) in [5.41, 5.74) is 1.19. The van der Waals surface area contributed by atoms with Crippen LogP contribution in [0.15, 0.2) is 22.7 Å². The molecule has 4 rings (SSSR count). The number of rotatable bonds is 5. The van der Waals surface area contributed by atoms with Crippen molar-refractivity contribution >= 4 is 0 Å². The maximum Gasteiger partial charge on any atom is 0.231 e. The van der Waals surface area contributed by atoms with Crippen molar-refractivity contribution in [3.05, 3.63) is 35.5 Å². The average molecular weight is 329 g/mol. The minimum atomic E-state index is 0.308. The van der Waals surface area contributed by atoms with Crippen LogP contribution in [-0.4, -0.2) is 42.0 Å². The van der Waals surface area contributed by atoms with Gasteiger partial charge in [0.2, 0.25) is 12.7 Å². The van der Waals surface area contributed by atoms with Crippen LogP contribution in [0.2, 0.25) is 0 Å². The Morgan fingerprint density at radius 2 is 1.96 bits per heavy atom. The Hall–Kier alpha value is -2.08. The first kappa shape index (κ1) is 15.4. The molecule has 1 aromatic heterocycles. The fourth-order valence-electron chi connectivity index (χ4n) is 3.35. The van der Waals surface area contributed by atoms with Crippen LogP contribution in [0.3, 0.4) is 0 Å². The predicted octanol–water partition coefficient (Wildman–Crippen LogP) is 2.47. The average Bonchev–Trinajstić information content (AvgIpc) is 3.23. The van der Waals surface area contributed by atoms with E-state index in [9.17, 15) is 0 Å². The highest BCUT2D eigenvalue weighted by Gasteiger charge is 2.19. The van der Waals surface area contributed by atoms with Gasteiger partial charge in [-0.1, -0.05) is 11.2 Å². The van der Waals surface area contributed by atoms with Gasteiger partial charge in [-0.3, -0.25) is 0 Å². The molecule has 128 valence electrons. The Kier molecular flexibility index (Phi) is 4.38. The van der Waals surface area contributed by atoms with Crippen LogP contribution < -0.4 is 9.47 Å². The lowest BCUT2D eigenvalue weighted by Gasteiger charge is -2.27. The summed E-state index contributed by atoms with van der Waals surface area (Å²) in [5.74, 6) is 3.89. The summed E-state index contributed by atoms with van der Waals surface area (Å²) in [6, 6.07) is 6.04. The summed E-state index contributed by atoms with van der Waals surface area (Å²) < 4.78 is 16.2. The highest BCUT2D eigenvalue weighted by atomic mass is 16.7. The topological polar surface area (TPSA) is 60.6 Å². The van der Waals surface area contributed by atoms with E-state index in [4.69, 9.17) is 14.0 Å². The van der Waals surface area contributed by atoms with Crippen molar-refractivity contribution in [2.45, 2.75) is 32.1 Å². The van der Waals surface area contributed by atoms with Gasteiger partial charge >= 0.3 is 0 Å². The summed E-state index contributed by atoms with van der Waals surface area (Å²) in [6.45, 7) is 2.64. The van der Waals surface area contributed by atoms with E-state index in [0.717, 1.165) is 42.5 Å². The van der Waals surface area contributed by atoms with Crippen molar-refractivity contribution in [1.29, 1.82) is 0 Å². The van der Waals surface area contributed by atoms with Gasteiger partial charge in [0.1, 0.15) is 0 Å². The van der Waals surface area contributed by atoms with E-state index in [0.29, 0.717) is 12.7 Å². The number of piperidine rings is 1. The number of aryl methyl sites for hydroxylation is 2. The molecule has 6 nitrogen and oxygen atoms in total. The fraction of sp³-hybridized carbons (Fsp3) is 0.556. The van der Waals surface area contributed by atoms with Gasteiger partial charge < -0.3 is 18.9 Å². The zero-order valence-corrected chi connectivity index (χ0v) is 14.0. The van der Waals surface area contributed by atoms with Crippen LogP contribution in [0.25, 0.3) is 0 Å². The van der Waals surface area contributed by atoms with Gasteiger partial charge in [0.15, 0.2) is 17.3 Å².